The normalized spacial score (nSPS) is 17.2. The first kappa shape index (κ1) is 15.9. The minimum absolute atomic E-state index is 0.139. The molecule has 23 heavy (non-hydrogen) atoms. The molecule has 1 amide bonds. The number of fused-ring (bicyclic) bond motifs is 1. The van der Waals surface area contributed by atoms with Crippen LogP contribution in [0.15, 0.2) is 24.4 Å². The highest BCUT2D eigenvalue weighted by atomic mass is 32.2. The lowest BCUT2D eigenvalue weighted by Crippen LogP contribution is -2.34. The number of aryl methyl sites for hydroxylation is 1. The third kappa shape index (κ3) is 3.09. The molecule has 0 fully saturated rings. The highest BCUT2D eigenvalue weighted by Crippen LogP contribution is 2.34. The summed E-state index contributed by atoms with van der Waals surface area (Å²) in [5.74, 6) is -0.243. The molecule has 1 atom stereocenters. The maximum Gasteiger partial charge on any atom is 0.257 e. The first-order chi connectivity index (χ1) is 10.8. The van der Waals surface area contributed by atoms with Gasteiger partial charge in [0.1, 0.15) is 0 Å². The van der Waals surface area contributed by atoms with Crippen LogP contribution in [0.25, 0.3) is 0 Å². The molecule has 8 heteroatoms. The second-order valence-corrected chi connectivity index (χ2v) is 8.78. The number of rotatable bonds is 3. The molecule has 2 heterocycles. The van der Waals surface area contributed by atoms with E-state index in [-0.39, 0.29) is 11.9 Å². The zero-order valence-electron chi connectivity index (χ0n) is 13.0. The van der Waals surface area contributed by atoms with Gasteiger partial charge in [-0.2, -0.15) is 0 Å². The fourth-order valence-corrected chi connectivity index (χ4v) is 4.75. The van der Waals surface area contributed by atoms with Crippen LogP contribution in [0.4, 0.5) is 10.8 Å². The minimum Gasteiger partial charge on any atom is -0.298 e. The van der Waals surface area contributed by atoms with Crippen LogP contribution in [0.3, 0.4) is 0 Å². The molecule has 1 aromatic heterocycles. The highest BCUT2D eigenvalue weighted by molar-refractivity contribution is 7.92. The van der Waals surface area contributed by atoms with Gasteiger partial charge in [0.05, 0.1) is 11.9 Å². The van der Waals surface area contributed by atoms with Gasteiger partial charge in [0.25, 0.3) is 5.91 Å². The largest absolute Gasteiger partial charge is 0.298 e. The van der Waals surface area contributed by atoms with E-state index in [1.54, 1.807) is 24.4 Å². The Balaban J connectivity index is 1.88. The number of sulfonamides is 1. The molecule has 6 nitrogen and oxygen atoms in total. The van der Waals surface area contributed by atoms with Crippen molar-refractivity contribution in [2.75, 3.05) is 15.9 Å². The molecule has 122 valence electrons. The zero-order valence-corrected chi connectivity index (χ0v) is 14.7. The van der Waals surface area contributed by atoms with Crippen molar-refractivity contribution in [1.82, 2.24) is 4.98 Å². The van der Waals surface area contributed by atoms with Crippen molar-refractivity contribution in [3.8, 4) is 0 Å². The van der Waals surface area contributed by atoms with Gasteiger partial charge in [-0.1, -0.05) is 0 Å². The number of benzene rings is 1. The van der Waals surface area contributed by atoms with E-state index in [2.05, 4.69) is 10.3 Å². The quantitative estimate of drug-likeness (QED) is 0.921. The number of carbonyl (C=O) groups excluding carboxylic acids is 1. The molecule has 1 aliphatic rings. The summed E-state index contributed by atoms with van der Waals surface area (Å²) in [4.78, 5) is 17.4. The van der Waals surface area contributed by atoms with Crippen molar-refractivity contribution in [2.24, 2.45) is 0 Å². The number of nitrogens with zero attached hydrogens (tertiary/aromatic N) is 2. The summed E-state index contributed by atoms with van der Waals surface area (Å²) < 4.78 is 25.2. The summed E-state index contributed by atoms with van der Waals surface area (Å²) in [6.07, 6.45) is 3.50. The molecule has 0 saturated carbocycles. The molecule has 0 radical (unpaired) electrons. The average molecular weight is 351 g/mol. The Kier molecular flexibility index (Phi) is 3.89. The van der Waals surface area contributed by atoms with Gasteiger partial charge in [-0.25, -0.2) is 13.4 Å². The molecular formula is C15H17N3O3S2. The van der Waals surface area contributed by atoms with Gasteiger partial charge in [-0.3, -0.25) is 14.4 Å². The van der Waals surface area contributed by atoms with Crippen LogP contribution in [-0.4, -0.2) is 31.6 Å². The van der Waals surface area contributed by atoms with Crippen molar-refractivity contribution < 1.29 is 13.2 Å². The number of thiazole rings is 1. The third-order valence-electron chi connectivity index (χ3n) is 3.69. The predicted octanol–water partition coefficient (Wildman–Crippen LogP) is 2.41. The van der Waals surface area contributed by atoms with Crippen LogP contribution in [0.2, 0.25) is 0 Å². The summed E-state index contributed by atoms with van der Waals surface area (Å²) in [7, 11) is -3.32. The minimum atomic E-state index is -3.32. The van der Waals surface area contributed by atoms with Gasteiger partial charge in [0, 0.05) is 22.7 Å². The smallest absolute Gasteiger partial charge is 0.257 e. The topological polar surface area (TPSA) is 79.4 Å². The SMILES string of the molecule is Cc1cnc(NC(=O)c2ccc3c(c2)C[C@H](C)N3S(C)(=O)=O)s1. The van der Waals surface area contributed by atoms with E-state index in [1.165, 1.54) is 21.9 Å². The summed E-state index contributed by atoms with van der Waals surface area (Å²) >= 11 is 1.41. The highest BCUT2D eigenvalue weighted by Gasteiger charge is 2.32. The van der Waals surface area contributed by atoms with Crippen LogP contribution in [0, 0.1) is 6.92 Å². The van der Waals surface area contributed by atoms with Gasteiger partial charge >= 0.3 is 0 Å². The van der Waals surface area contributed by atoms with Gasteiger partial charge < -0.3 is 0 Å². The molecule has 0 bridgehead atoms. The van der Waals surface area contributed by atoms with Crippen molar-refractivity contribution in [2.45, 2.75) is 26.3 Å². The number of hydrogen-bond acceptors (Lipinski definition) is 5. The molecule has 0 spiro atoms. The van der Waals surface area contributed by atoms with E-state index >= 15 is 0 Å². The van der Waals surface area contributed by atoms with Crippen molar-refractivity contribution in [3.63, 3.8) is 0 Å². The van der Waals surface area contributed by atoms with Crippen LogP contribution in [0.5, 0.6) is 0 Å². The van der Waals surface area contributed by atoms with E-state index in [1.807, 2.05) is 13.8 Å². The Morgan fingerprint density at radius 3 is 2.78 bits per heavy atom. The lowest BCUT2D eigenvalue weighted by molar-refractivity contribution is 0.102. The Labute approximate surface area is 139 Å². The molecule has 0 saturated heterocycles. The van der Waals surface area contributed by atoms with Gasteiger partial charge in [0.2, 0.25) is 10.0 Å². The number of aromatic nitrogens is 1. The van der Waals surface area contributed by atoms with Gasteiger partial charge in [-0.05, 0) is 44.0 Å². The first-order valence-corrected chi connectivity index (χ1v) is 9.78. The van der Waals surface area contributed by atoms with Crippen molar-refractivity contribution in [1.29, 1.82) is 0 Å². The van der Waals surface area contributed by atoms with Crippen LogP contribution in [0.1, 0.15) is 27.7 Å². The standard InChI is InChI=1S/C15H17N3O3S2/c1-9-6-12-7-11(4-5-13(12)18(9)23(3,20)21)14(19)17-15-16-8-10(2)22-15/h4-5,7-9H,6H2,1-3H3,(H,16,17,19)/t9-/m0/s1. The van der Waals surface area contributed by atoms with Gasteiger partial charge in [0.15, 0.2) is 5.13 Å². The lowest BCUT2D eigenvalue weighted by Gasteiger charge is -2.21. The summed E-state index contributed by atoms with van der Waals surface area (Å²) in [5.41, 5.74) is 2.02. The number of hydrogen-bond donors (Lipinski definition) is 1. The summed E-state index contributed by atoms with van der Waals surface area (Å²) in [5, 5.41) is 3.31. The van der Waals surface area contributed by atoms with Crippen LogP contribution < -0.4 is 9.62 Å². The average Bonchev–Trinajstić information content (AvgIpc) is 2.99. The molecule has 1 N–H and O–H groups in total. The zero-order chi connectivity index (χ0) is 16.8. The third-order valence-corrected chi connectivity index (χ3v) is 5.79. The van der Waals surface area contributed by atoms with E-state index in [4.69, 9.17) is 0 Å². The summed E-state index contributed by atoms with van der Waals surface area (Å²) in [6.45, 7) is 3.78. The Morgan fingerprint density at radius 1 is 1.43 bits per heavy atom. The molecule has 1 aromatic carbocycles. The monoisotopic (exact) mass is 351 g/mol. The maximum absolute atomic E-state index is 12.3. The lowest BCUT2D eigenvalue weighted by atomic mass is 10.1. The second-order valence-electron chi connectivity index (χ2n) is 5.69. The summed E-state index contributed by atoms with van der Waals surface area (Å²) in [6, 6.07) is 4.96. The van der Waals surface area contributed by atoms with E-state index in [9.17, 15) is 13.2 Å². The second kappa shape index (κ2) is 5.61. The molecule has 2 aromatic rings. The number of anilines is 2. The number of amides is 1. The van der Waals surface area contributed by atoms with Crippen molar-refractivity contribution in [3.05, 3.63) is 40.4 Å². The van der Waals surface area contributed by atoms with Crippen LogP contribution >= 0.6 is 11.3 Å². The fraction of sp³-hybridized carbons (Fsp3) is 0.333. The van der Waals surface area contributed by atoms with E-state index in [0.717, 1.165) is 10.4 Å². The van der Waals surface area contributed by atoms with E-state index < -0.39 is 10.0 Å². The fourth-order valence-electron chi connectivity index (χ4n) is 2.83. The first-order valence-electron chi connectivity index (χ1n) is 7.12. The Morgan fingerprint density at radius 2 is 2.17 bits per heavy atom. The van der Waals surface area contributed by atoms with Crippen molar-refractivity contribution >= 4 is 38.1 Å². The predicted molar refractivity (Wildman–Crippen MR) is 91.7 cm³/mol. The number of carbonyl (C=O) groups is 1. The number of nitrogens with one attached hydrogen (secondary N) is 1. The van der Waals surface area contributed by atoms with E-state index in [0.29, 0.717) is 22.8 Å². The molecular weight excluding hydrogens is 334 g/mol. The van der Waals surface area contributed by atoms with Crippen LogP contribution in [-0.2, 0) is 16.4 Å². The Hall–Kier alpha value is -1.93. The molecule has 3 rings (SSSR count). The maximum atomic E-state index is 12.3. The Bertz CT molecular complexity index is 874. The molecule has 0 unspecified atom stereocenters. The molecule has 1 aliphatic heterocycles. The van der Waals surface area contributed by atoms with Gasteiger partial charge in [-0.15, -0.1) is 11.3 Å². The molecule has 0 aliphatic carbocycles.